The Morgan fingerprint density at radius 1 is 1.67 bits per heavy atom. The lowest BCUT2D eigenvalue weighted by atomic mass is 10.3. The number of anilines is 1. The van der Waals surface area contributed by atoms with Crippen molar-refractivity contribution < 1.29 is 5.11 Å². The fraction of sp³-hybridized carbons (Fsp3) is 0. The van der Waals surface area contributed by atoms with Gasteiger partial charge in [-0.15, -0.1) is 0 Å². The first-order valence-electron chi connectivity index (χ1n) is 2.36. The molecule has 0 unspecified atom stereocenters. The van der Waals surface area contributed by atoms with Gasteiger partial charge in [0.1, 0.15) is 0 Å². The highest BCUT2D eigenvalue weighted by atomic mass is 79.9. The molecule has 0 aliphatic carbocycles. The summed E-state index contributed by atoms with van der Waals surface area (Å²) in [5.41, 5.74) is 5.68. The van der Waals surface area contributed by atoms with Gasteiger partial charge in [-0.2, -0.15) is 0 Å². The van der Waals surface area contributed by atoms with Crippen LogP contribution in [-0.2, 0) is 0 Å². The monoisotopic (exact) mass is 186 g/mol. The summed E-state index contributed by atoms with van der Waals surface area (Å²) in [4.78, 5) is 0. The molecule has 3 heteroatoms. The van der Waals surface area contributed by atoms with Gasteiger partial charge in [0.15, 0.2) is 5.75 Å². The van der Waals surface area contributed by atoms with E-state index in [1.807, 2.05) is 0 Å². The van der Waals surface area contributed by atoms with Crippen molar-refractivity contribution in [3.63, 3.8) is 0 Å². The van der Waals surface area contributed by atoms with Crippen molar-refractivity contribution in [2.75, 3.05) is 5.73 Å². The number of halogens is 1. The molecule has 1 aromatic rings. The fourth-order valence-electron chi connectivity index (χ4n) is 0.479. The summed E-state index contributed by atoms with van der Waals surface area (Å²) in [6.07, 6.45) is 0. The lowest BCUT2D eigenvalue weighted by molar-refractivity contribution is 0.474. The van der Waals surface area contributed by atoms with E-state index in [-0.39, 0.29) is 5.75 Å². The first-order chi connectivity index (χ1) is 4.22. The van der Waals surface area contributed by atoms with Crippen molar-refractivity contribution >= 4 is 21.6 Å². The molecule has 0 amide bonds. The summed E-state index contributed by atoms with van der Waals surface area (Å²) in [6.45, 7) is 0. The second-order valence-electron chi connectivity index (χ2n) is 1.60. The van der Waals surface area contributed by atoms with Crippen LogP contribution in [0.2, 0.25) is 0 Å². The molecule has 0 spiro atoms. The maximum atomic E-state index is 9.00. The molecular formula is C6H5BrNO. The number of phenolic OH excluding ortho intramolecular Hbond substituents is 1. The van der Waals surface area contributed by atoms with E-state index < -0.39 is 0 Å². The summed E-state index contributed by atoms with van der Waals surface area (Å²) in [5, 5.41) is 9.00. The predicted molar refractivity (Wildman–Crippen MR) is 39.1 cm³/mol. The SMILES string of the molecule is Nc1cc[c]c(Br)c1O. The lowest BCUT2D eigenvalue weighted by Crippen LogP contribution is -1.84. The minimum absolute atomic E-state index is 0.0532. The van der Waals surface area contributed by atoms with E-state index in [4.69, 9.17) is 10.8 Å². The Morgan fingerprint density at radius 2 is 2.33 bits per heavy atom. The number of nitrogens with two attached hydrogens (primary N) is 1. The lowest BCUT2D eigenvalue weighted by Gasteiger charge is -1.97. The minimum atomic E-state index is 0.0532. The van der Waals surface area contributed by atoms with Gasteiger partial charge >= 0.3 is 0 Å². The molecule has 3 N–H and O–H groups in total. The van der Waals surface area contributed by atoms with Gasteiger partial charge < -0.3 is 10.8 Å². The van der Waals surface area contributed by atoms with Crippen LogP contribution in [0.15, 0.2) is 16.6 Å². The average molecular weight is 187 g/mol. The number of benzene rings is 1. The van der Waals surface area contributed by atoms with E-state index in [1.54, 1.807) is 12.1 Å². The quantitative estimate of drug-likeness (QED) is 0.477. The molecule has 0 aliphatic rings. The number of phenols is 1. The summed E-state index contributed by atoms with van der Waals surface area (Å²) < 4.78 is 0.502. The molecule has 0 fully saturated rings. The molecule has 0 saturated carbocycles. The van der Waals surface area contributed by atoms with Crippen LogP contribution in [0.3, 0.4) is 0 Å². The minimum Gasteiger partial charge on any atom is -0.505 e. The molecule has 0 saturated heterocycles. The van der Waals surface area contributed by atoms with E-state index in [0.717, 1.165) is 0 Å². The number of hydrogen-bond donors (Lipinski definition) is 2. The Morgan fingerprint density at radius 3 is 2.78 bits per heavy atom. The molecule has 0 atom stereocenters. The standard InChI is InChI=1S/C6H5BrNO/c7-4-2-1-3-5(8)6(4)9/h1,3,9H,8H2. The number of rotatable bonds is 0. The maximum absolute atomic E-state index is 9.00. The van der Waals surface area contributed by atoms with E-state index in [9.17, 15) is 0 Å². The third-order valence-electron chi connectivity index (χ3n) is 0.954. The third kappa shape index (κ3) is 1.16. The highest BCUT2D eigenvalue weighted by molar-refractivity contribution is 9.10. The van der Waals surface area contributed by atoms with Crippen molar-refractivity contribution in [3.8, 4) is 5.75 Å². The zero-order valence-electron chi connectivity index (χ0n) is 4.56. The Labute approximate surface area is 61.4 Å². The molecule has 1 aromatic carbocycles. The van der Waals surface area contributed by atoms with Crippen LogP contribution >= 0.6 is 15.9 Å². The van der Waals surface area contributed by atoms with Crippen LogP contribution in [-0.4, -0.2) is 5.11 Å². The normalized spacial score (nSPS) is 9.44. The van der Waals surface area contributed by atoms with Crippen LogP contribution in [0, 0.1) is 6.07 Å². The molecule has 0 aliphatic heterocycles. The van der Waals surface area contributed by atoms with E-state index >= 15 is 0 Å². The molecule has 0 heterocycles. The first kappa shape index (κ1) is 6.42. The fourth-order valence-corrected chi connectivity index (χ4v) is 0.840. The van der Waals surface area contributed by atoms with E-state index in [2.05, 4.69) is 22.0 Å². The molecular weight excluding hydrogens is 182 g/mol. The zero-order valence-corrected chi connectivity index (χ0v) is 6.14. The largest absolute Gasteiger partial charge is 0.505 e. The van der Waals surface area contributed by atoms with Crippen LogP contribution in [0.4, 0.5) is 5.69 Å². The maximum Gasteiger partial charge on any atom is 0.153 e. The van der Waals surface area contributed by atoms with Gasteiger partial charge in [0.2, 0.25) is 0 Å². The highest BCUT2D eigenvalue weighted by Crippen LogP contribution is 2.28. The van der Waals surface area contributed by atoms with Gasteiger partial charge in [-0.3, -0.25) is 0 Å². The molecule has 2 nitrogen and oxygen atoms in total. The summed E-state index contributed by atoms with van der Waals surface area (Å²) in [5.74, 6) is 0.0532. The average Bonchev–Trinajstić information content (AvgIpc) is 1.83. The van der Waals surface area contributed by atoms with Crippen molar-refractivity contribution in [2.45, 2.75) is 0 Å². The predicted octanol–water partition coefficient (Wildman–Crippen LogP) is 1.54. The Bertz CT molecular complexity index is 204. The van der Waals surface area contributed by atoms with E-state index in [1.165, 1.54) is 0 Å². The molecule has 9 heavy (non-hydrogen) atoms. The Balaban J connectivity index is 3.25. The van der Waals surface area contributed by atoms with Crippen molar-refractivity contribution in [2.24, 2.45) is 0 Å². The molecule has 0 aromatic heterocycles. The topological polar surface area (TPSA) is 46.2 Å². The van der Waals surface area contributed by atoms with Crippen molar-refractivity contribution in [1.82, 2.24) is 0 Å². The Kier molecular flexibility index (Phi) is 1.62. The van der Waals surface area contributed by atoms with Gasteiger partial charge in [0, 0.05) is 6.07 Å². The molecule has 1 radical (unpaired) electrons. The van der Waals surface area contributed by atoms with Crippen molar-refractivity contribution in [3.05, 3.63) is 22.7 Å². The number of hydrogen-bond acceptors (Lipinski definition) is 2. The van der Waals surface area contributed by atoms with Crippen molar-refractivity contribution in [1.29, 1.82) is 0 Å². The van der Waals surface area contributed by atoms with Crippen LogP contribution in [0.5, 0.6) is 5.75 Å². The summed E-state index contributed by atoms with van der Waals surface area (Å²) in [7, 11) is 0. The molecule has 0 bridgehead atoms. The van der Waals surface area contributed by atoms with Gasteiger partial charge in [0.25, 0.3) is 0 Å². The number of nitrogen functional groups attached to an aromatic ring is 1. The van der Waals surface area contributed by atoms with Gasteiger partial charge in [-0.05, 0) is 22.0 Å². The zero-order chi connectivity index (χ0) is 6.85. The second kappa shape index (κ2) is 2.27. The van der Waals surface area contributed by atoms with Crippen LogP contribution in [0.25, 0.3) is 0 Å². The van der Waals surface area contributed by atoms with Crippen LogP contribution in [0.1, 0.15) is 0 Å². The van der Waals surface area contributed by atoms with Gasteiger partial charge in [0.05, 0.1) is 10.2 Å². The second-order valence-corrected chi connectivity index (χ2v) is 2.39. The van der Waals surface area contributed by atoms with E-state index in [0.29, 0.717) is 10.2 Å². The van der Waals surface area contributed by atoms with Gasteiger partial charge in [-0.1, -0.05) is 6.07 Å². The Hall–Kier alpha value is -0.700. The first-order valence-corrected chi connectivity index (χ1v) is 3.15. The summed E-state index contributed by atoms with van der Waals surface area (Å²) >= 11 is 3.06. The highest BCUT2D eigenvalue weighted by Gasteiger charge is 1.98. The molecule has 47 valence electrons. The smallest absolute Gasteiger partial charge is 0.153 e. The number of aromatic hydroxyl groups is 1. The van der Waals surface area contributed by atoms with Gasteiger partial charge in [-0.25, -0.2) is 0 Å². The summed E-state index contributed by atoms with van der Waals surface area (Å²) in [6, 6.07) is 5.95. The van der Waals surface area contributed by atoms with Crippen LogP contribution < -0.4 is 5.73 Å². The molecule has 1 rings (SSSR count). The third-order valence-corrected chi connectivity index (χ3v) is 1.56.